The van der Waals surface area contributed by atoms with Gasteiger partial charge in [0.25, 0.3) is 0 Å². The highest BCUT2D eigenvalue weighted by atomic mass is 31.2. The van der Waals surface area contributed by atoms with Gasteiger partial charge in [0.1, 0.15) is 0 Å². The van der Waals surface area contributed by atoms with Crippen LogP contribution in [0.4, 0.5) is 0 Å². The summed E-state index contributed by atoms with van der Waals surface area (Å²) in [6, 6.07) is 11.1. The van der Waals surface area contributed by atoms with E-state index in [1.807, 2.05) is 71.0 Å². The Kier molecular flexibility index (Phi) is 7.30. The third kappa shape index (κ3) is 5.19. The normalized spacial score (nSPS) is 13.2. The quantitative estimate of drug-likeness (QED) is 0.435. The summed E-state index contributed by atoms with van der Waals surface area (Å²) in [5, 5.41) is 0. The summed E-state index contributed by atoms with van der Waals surface area (Å²) < 4.78 is 14.4. The van der Waals surface area contributed by atoms with Crippen molar-refractivity contribution in [1.82, 2.24) is 0 Å². The zero-order chi connectivity index (χ0) is 22.9. The number of rotatable bonds is 7. The van der Waals surface area contributed by atoms with E-state index in [2.05, 4.69) is 20.8 Å². The van der Waals surface area contributed by atoms with Gasteiger partial charge in [-0.05, 0) is 67.7 Å². The van der Waals surface area contributed by atoms with Gasteiger partial charge in [0.2, 0.25) is 18.2 Å². The number of benzene rings is 2. The van der Waals surface area contributed by atoms with Gasteiger partial charge in [-0.25, -0.2) is 0 Å². The number of hydrogen-bond acceptors (Lipinski definition) is 3. The minimum atomic E-state index is -3.87. The molecule has 162 valence electrons. The molecule has 0 spiro atoms. The monoisotopic (exact) mass is 426 g/mol. The van der Waals surface area contributed by atoms with Crippen LogP contribution < -0.4 is 0 Å². The van der Waals surface area contributed by atoms with Crippen molar-refractivity contribution in [3.05, 3.63) is 69.8 Å². The van der Waals surface area contributed by atoms with Crippen LogP contribution in [0.25, 0.3) is 0 Å². The zero-order valence-electron chi connectivity index (χ0n) is 19.6. The minimum absolute atomic E-state index is 0.0163. The Morgan fingerprint density at radius 1 is 0.800 bits per heavy atom. The van der Waals surface area contributed by atoms with Crippen LogP contribution in [0, 0.1) is 39.0 Å². The van der Waals surface area contributed by atoms with E-state index in [4.69, 9.17) is 0 Å². The van der Waals surface area contributed by atoms with Gasteiger partial charge < -0.3 is 4.57 Å². The van der Waals surface area contributed by atoms with Crippen molar-refractivity contribution in [2.24, 2.45) is 11.3 Å². The number of hydrogen-bond donors (Lipinski definition) is 0. The molecule has 30 heavy (non-hydrogen) atoms. The van der Waals surface area contributed by atoms with Crippen LogP contribution in [-0.2, 0) is 4.57 Å². The molecule has 2 rings (SSSR count). The Hall–Kier alpha value is -1.99. The molecule has 0 heterocycles. The summed E-state index contributed by atoms with van der Waals surface area (Å²) >= 11 is 0. The molecule has 0 aliphatic rings. The average molecular weight is 427 g/mol. The molecule has 4 heteroatoms. The maximum atomic E-state index is 14.4. The van der Waals surface area contributed by atoms with Crippen LogP contribution in [0.2, 0.25) is 0 Å². The van der Waals surface area contributed by atoms with Crippen LogP contribution in [0.3, 0.4) is 0 Å². The SMILES string of the molecule is Cc1cccc(C)c1C(=O)P(=O)(CC(C)CC(C)(C)C)C(=O)c1c(C)cccc1C. The topological polar surface area (TPSA) is 51.2 Å². The molecule has 0 aromatic heterocycles. The second kappa shape index (κ2) is 9.02. The Labute approximate surface area is 181 Å². The highest BCUT2D eigenvalue weighted by molar-refractivity contribution is 7.95. The molecule has 3 nitrogen and oxygen atoms in total. The number of aryl methyl sites for hydroxylation is 4. The molecule has 0 bridgehead atoms. The fraction of sp³-hybridized carbons (Fsp3) is 0.462. The predicted molar refractivity (Wildman–Crippen MR) is 126 cm³/mol. The van der Waals surface area contributed by atoms with Crippen molar-refractivity contribution in [2.75, 3.05) is 6.16 Å². The van der Waals surface area contributed by atoms with Crippen molar-refractivity contribution >= 4 is 18.2 Å². The Balaban J connectivity index is 2.65. The third-order valence-electron chi connectivity index (χ3n) is 5.58. The lowest BCUT2D eigenvalue weighted by atomic mass is 9.86. The summed E-state index contributed by atoms with van der Waals surface area (Å²) in [7, 11) is -3.87. The number of carbonyl (C=O) groups is 2. The molecule has 0 N–H and O–H groups in total. The first-order chi connectivity index (χ1) is 13.8. The lowest BCUT2D eigenvalue weighted by Crippen LogP contribution is -2.22. The van der Waals surface area contributed by atoms with E-state index in [9.17, 15) is 14.2 Å². The van der Waals surface area contributed by atoms with E-state index in [-0.39, 0.29) is 17.5 Å². The smallest absolute Gasteiger partial charge is 0.229 e. The van der Waals surface area contributed by atoms with Gasteiger partial charge in [-0.3, -0.25) is 9.59 Å². The lowest BCUT2D eigenvalue weighted by molar-refractivity contribution is 0.103. The summed E-state index contributed by atoms with van der Waals surface area (Å²) in [6.45, 7) is 15.7. The first-order valence-corrected chi connectivity index (χ1v) is 12.5. The molecule has 1 unspecified atom stereocenters. The van der Waals surface area contributed by atoms with Crippen LogP contribution in [0.15, 0.2) is 36.4 Å². The average Bonchev–Trinajstić information content (AvgIpc) is 2.59. The van der Waals surface area contributed by atoms with Crippen molar-refractivity contribution in [3.63, 3.8) is 0 Å². The molecule has 2 aromatic rings. The molecule has 0 radical (unpaired) electrons. The summed E-state index contributed by atoms with van der Waals surface area (Å²) in [4.78, 5) is 27.5. The molecule has 0 amide bonds. The highest BCUT2D eigenvalue weighted by Crippen LogP contribution is 2.55. The summed E-state index contributed by atoms with van der Waals surface area (Å²) in [6.07, 6.45) is 0.889. The van der Waals surface area contributed by atoms with Gasteiger partial charge in [-0.2, -0.15) is 0 Å². The molecule has 1 atom stereocenters. The largest absolute Gasteiger partial charge is 0.307 e. The minimum Gasteiger partial charge on any atom is -0.307 e. The molecular weight excluding hydrogens is 391 g/mol. The molecule has 0 fully saturated rings. The Morgan fingerprint density at radius 3 is 1.43 bits per heavy atom. The molecule has 0 saturated carbocycles. The fourth-order valence-electron chi connectivity index (χ4n) is 4.47. The van der Waals surface area contributed by atoms with E-state index >= 15 is 0 Å². The molecule has 0 aliphatic heterocycles. The van der Waals surface area contributed by atoms with E-state index < -0.39 is 18.2 Å². The Morgan fingerprint density at radius 2 is 1.13 bits per heavy atom. The first kappa shape index (κ1) is 24.3. The van der Waals surface area contributed by atoms with Gasteiger partial charge in [0.05, 0.1) is 0 Å². The lowest BCUT2D eigenvalue weighted by Gasteiger charge is -2.27. The second-order valence-electron chi connectivity index (χ2n) is 9.94. The molecular formula is C26H35O3P. The van der Waals surface area contributed by atoms with Crippen molar-refractivity contribution in [1.29, 1.82) is 0 Å². The predicted octanol–water partition coefficient (Wildman–Crippen LogP) is 7.34. The fourth-order valence-corrected chi connectivity index (χ4v) is 7.42. The van der Waals surface area contributed by atoms with Gasteiger partial charge in [-0.1, -0.05) is 64.1 Å². The Bertz CT molecular complexity index is 903. The standard InChI is InChI=1S/C26H35O3P/c1-17(15-26(6,7)8)16-30(29,24(27)22-18(2)11-9-12-19(22)3)25(28)23-20(4)13-10-14-21(23)5/h9-14,17H,15-16H2,1-8H3. The molecule has 2 aromatic carbocycles. The van der Waals surface area contributed by atoms with Crippen LogP contribution in [-0.4, -0.2) is 17.2 Å². The third-order valence-corrected chi connectivity index (χ3v) is 8.47. The van der Waals surface area contributed by atoms with E-state index in [0.29, 0.717) is 11.1 Å². The van der Waals surface area contributed by atoms with Crippen LogP contribution in [0.1, 0.15) is 77.1 Å². The zero-order valence-corrected chi connectivity index (χ0v) is 20.5. The van der Waals surface area contributed by atoms with Crippen molar-refractivity contribution in [3.8, 4) is 0 Å². The van der Waals surface area contributed by atoms with Crippen molar-refractivity contribution < 1.29 is 14.2 Å². The molecule has 0 aliphatic carbocycles. The van der Waals surface area contributed by atoms with Gasteiger partial charge in [-0.15, -0.1) is 0 Å². The van der Waals surface area contributed by atoms with Gasteiger partial charge in [0, 0.05) is 17.3 Å². The maximum absolute atomic E-state index is 14.4. The summed E-state index contributed by atoms with van der Waals surface area (Å²) in [5.41, 5.74) is 2.95. The van der Waals surface area contributed by atoms with E-state index in [0.717, 1.165) is 28.7 Å². The van der Waals surface area contributed by atoms with E-state index in [1.165, 1.54) is 0 Å². The van der Waals surface area contributed by atoms with Crippen LogP contribution >= 0.6 is 7.14 Å². The van der Waals surface area contributed by atoms with Crippen molar-refractivity contribution in [2.45, 2.75) is 61.8 Å². The van der Waals surface area contributed by atoms with Gasteiger partial charge >= 0.3 is 0 Å². The highest BCUT2D eigenvalue weighted by Gasteiger charge is 2.44. The maximum Gasteiger partial charge on any atom is 0.229 e. The molecule has 0 saturated heterocycles. The van der Waals surface area contributed by atoms with E-state index in [1.54, 1.807) is 0 Å². The summed E-state index contributed by atoms with van der Waals surface area (Å²) in [5.74, 6) is -0.0163. The number of carbonyl (C=O) groups excluding carboxylic acids is 2. The first-order valence-electron chi connectivity index (χ1n) is 10.6. The van der Waals surface area contributed by atoms with Crippen LogP contribution in [0.5, 0.6) is 0 Å². The second-order valence-corrected chi connectivity index (χ2v) is 12.6. The van der Waals surface area contributed by atoms with Gasteiger partial charge in [0.15, 0.2) is 0 Å².